The Bertz CT molecular complexity index is 674. The number of nitrogens with zero attached hydrogens (tertiary/aromatic N) is 1. The molecule has 0 aliphatic heterocycles. The van der Waals surface area contributed by atoms with Crippen molar-refractivity contribution in [1.82, 2.24) is 0 Å². The van der Waals surface area contributed by atoms with Crippen molar-refractivity contribution < 1.29 is 19.5 Å². The van der Waals surface area contributed by atoms with Gasteiger partial charge in [0, 0.05) is 6.07 Å². The molecule has 0 aliphatic rings. The van der Waals surface area contributed by atoms with Crippen LogP contribution in [0.5, 0.6) is 17.2 Å². The van der Waals surface area contributed by atoms with E-state index in [0.29, 0.717) is 16.0 Å². The summed E-state index contributed by atoms with van der Waals surface area (Å²) in [6, 6.07) is 9.25. The minimum absolute atomic E-state index is 0.0697. The van der Waals surface area contributed by atoms with Crippen molar-refractivity contribution in [3.05, 3.63) is 56.5 Å². The average Bonchev–Trinajstić information content (AvgIpc) is 2.49. The maximum Gasteiger partial charge on any atom is 0.273 e. The van der Waals surface area contributed by atoms with E-state index in [0.717, 1.165) is 5.56 Å². The predicted octanol–water partition coefficient (Wildman–Crippen LogP) is 3.65. The number of hydrogen-bond donors (Lipinski definition) is 1. The molecule has 0 saturated heterocycles. The third-order valence-electron chi connectivity index (χ3n) is 2.76. The molecular weight excluding hydrogens is 342 g/mol. The summed E-state index contributed by atoms with van der Waals surface area (Å²) in [6.45, 7) is -0.0697. The van der Waals surface area contributed by atoms with Crippen molar-refractivity contribution >= 4 is 21.6 Å². The molecule has 110 valence electrons. The van der Waals surface area contributed by atoms with Gasteiger partial charge in [-0.3, -0.25) is 10.1 Å². The number of nitro benzene ring substituents is 1. The van der Waals surface area contributed by atoms with E-state index in [1.807, 2.05) is 0 Å². The van der Waals surface area contributed by atoms with E-state index in [4.69, 9.17) is 14.6 Å². The highest BCUT2D eigenvalue weighted by molar-refractivity contribution is 9.10. The van der Waals surface area contributed by atoms with E-state index in [9.17, 15) is 10.1 Å². The van der Waals surface area contributed by atoms with Gasteiger partial charge in [0.2, 0.25) is 0 Å². The molecular formula is C14H12BrNO5. The molecule has 2 rings (SSSR count). The molecule has 0 saturated carbocycles. The lowest BCUT2D eigenvalue weighted by Gasteiger charge is -2.12. The number of benzene rings is 2. The minimum atomic E-state index is -0.502. The number of hydrogen-bond acceptors (Lipinski definition) is 5. The molecule has 1 N–H and O–H groups in total. The first kappa shape index (κ1) is 15.3. The fourth-order valence-corrected chi connectivity index (χ4v) is 2.21. The van der Waals surface area contributed by atoms with Crippen molar-refractivity contribution in [2.24, 2.45) is 0 Å². The lowest BCUT2D eigenvalue weighted by Crippen LogP contribution is -1.94. The fraction of sp³-hybridized carbons (Fsp3) is 0.143. The van der Waals surface area contributed by atoms with Crippen molar-refractivity contribution in [2.75, 3.05) is 7.11 Å². The SMILES string of the molecule is COc1cc([N+](=O)[O-])ccc1Oc1ccc(CO)cc1Br. The maximum absolute atomic E-state index is 10.7. The van der Waals surface area contributed by atoms with E-state index >= 15 is 0 Å². The smallest absolute Gasteiger partial charge is 0.273 e. The Morgan fingerprint density at radius 1 is 1.19 bits per heavy atom. The molecule has 0 radical (unpaired) electrons. The highest BCUT2D eigenvalue weighted by atomic mass is 79.9. The second-order valence-electron chi connectivity index (χ2n) is 4.12. The van der Waals surface area contributed by atoms with Gasteiger partial charge in [-0.05, 0) is 39.7 Å². The number of non-ortho nitro benzene ring substituents is 1. The number of ether oxygens (including phenoxy) is 2. The number of aliphatic hydroxyl groups excluding tert-OH is 1. The molecule has 0 bridgehead atoms. The third kappa shape index (κ3) is 3.50. The van der Waals surface area contributed by atoms with Gasteiger partial charge < -0.3 is 14.6 Å². The zero-order chi connectivity index (χ0) is 15.4. The lowest BCUT2D eigenvalue weighted by atomic mass is 10.2. The predicted molar refractivity (Wildman–Crippen MR) is 79.8 cm³/mol. The van der Waals surface area contributed by atoms with Gasteiger partial charge in [-0.15, -0.1) is 0 Å². The molecule has 0 aliphatic carbocycles. The first-order valence-electron chi connectivity index (χ1n) is 5.94. The van der Waals surface area contributed by atoms with Crippen LogP contribution in [-0.2, 0) is 6.61 Å². The van der Waals surface area contributed by atoms with Crippen LogP contribution in [0.4, 0.5) is 5.69 Å². The molecule has 2 aromatic rings. The number of rotatable bonds is 5. The Hall–Kier alpha value is -2.12. The van der Waals surface area contributed by atoms with Crippen LogP contribution in [0.15, 0.2) is 40.9 Å². The average molecular weight is 354 g/mol. The molecule has 21 heavy (non-hydrogen) atoms. The second kappa shape index (κ2) is 6.55. The summed E-state index contributed by atoms with van der Waals surface area (Å²) in [5.41, 5.74) is 0.666. The Labute approximate surface area is 129 Å². The van der Waals surface area contributed by atoms with Crippen LogP contribution in [0, 0.1) is 10.1 Å². The summed E-state index contributed by atoms with van der Waals surface area (Å²) >= 11 is 3.34. The van der Waals surface area contributed by atoms with Gasteiger partial charge in [0.1, 0.15) is 5.75 Å². The highest BCUT2D eigenvalue weighted by Crippen LogP contribution is 2.37. The summed E-state index contributed by atoms with van der Waals surface area (Å²) in [4.78, 5) is 10.2. The monoisotopic (exact) mass is 353 g/mol. The molecule has 0 amide bonds. The molecule has 0 heterocycles. The lowest BCUT2D eigenvalue weighted by molar-refractivity contribution is -0.384. The number of aliphatic hydroxyl groups is 1. The highest BCUT2D eigenvalue weighted by Gasteiger charge is 2.14. The zero-order valence-corrected chi connectivity index (χ0v) is 12.7. The van der Waals surface area contributed by atoms with E-state index in [-0.39, 0.29) is 18.0 Å². The van der Waals surface area contributed by atoms with Crippen LogP contribution >= 0.6 is 15.9 Å². The molecule has 0 aromatic heterocycles. The molecule has 7 heteroatoms. The van der Waals surface area contributed by atoms with Crippen molar-refractivity contribution in [3.63, 3.8) is 0 Å². The number of methoxy groups -OCH3 is 1. The van der Waals surface area contributed by atoms with E-state index in [2.05, 4.69) is 15.9 Å². The van der Waals surface area contributed by atoms with Crippen molar-refractivity contribution in [1.29, 1.82) is 0 Å². The quantitative estimate of drug-likeness (QED) is 0.655. The molecule has 0 fully saturated rings. The summed E-state index contributed by atoms with van der Waals surface area (Å²) in [6.07, 6.45) is 0. The fourth-order valence-electron chi connectivity index (χ4n) is 1.70. The maximum atomic E-state index is 10.7. The summed E-state index contributed by atoms with van der Waals surface area (Å²) in [5.74, 6) is 1.14. The molecule has 0 unspecified atom stereocenters. The van der Waals surface area contributed by atoms with Crippen LogP contribution in [-0.4, -0.2) is 17.1 Å². The summed E-state index contributed by atoms with van der Waals surface area (Å²) in [7, 11) is 1.41. The first-order chi connectivity index (χ1) is 10.0. The van der Waals surface area contributed by atoms with E-state index < -0.39 is 4.92 Å². The van der Waals surface area contributed by atoms with Gasteiger partial charge in [-0.1, -0.05) is 6.07 Å². The Morgan fingerprint density at radius 2 is 1.90 bits per heavy atom. The summed E-state index contributed by atoms with van der Waals surface area (Å²) in [5, 5.41) is 19.8. The molecule has 0 atom stereocenters. The van der Waals surface area contributed by atoms with Gasteiger partial charge in [0.05, 0.1) is 29.2 Å². The number of nitro groups is 1. The second-order valence-corrected chi connectivity index (χ2v) is 4.97. The van der Waals surface area contributed by atoms with Gasteiger partial charge in [0.25, 0.3) is 5.69 Å². The van der Waals surface area contributed by atoms with E-state index in [1.165, 1.54) is 25.3 Å². The van der Waals surface area contributed by atoms with Crippen LogP contribution in [0.2, 0.25) is 0 Å². The van der Waals surface area contributed by atoms with Gasteiger partial charge in [-0.2, -0.15) is 0 Å². The molecule has 2 aromatic carbocycles. The number of halogens is 1. The van der Waals surface area contributed by atoms with Gasteiger partial charge >= 0.3 is 0 Å². The zero-order valence-electron chi connectivity index (χ0n) is 11.1. The van der Waals surface area contributed by atoms with Crippen molar-refractivity contribution in [3.8, 4) is 17.2 Å². The van der Waals surface area contributed by atoms with Crippen LogP contribution in [0.3, 0.4) is 0 Å². The van der Waals surface area contributed by atoms with Gasteiger partial charge in [0.15, 0.2) is 11.5 Å². The largest absolute Gasteiger partial charge is 0.493 e. The van der Waals surface area contributed by atoms with Crippen LogP contribution < -0.4 is 9.47 Å². The van der Waals surface area contributed by atoms with E-state index in [1.54, 1.807) is 18.2 Å². The molecule has 6 nitrogen and oxygen atoms in total. The normalized spacial score (nSPS) is 10.2. The van der Waals surface area contributed by atoms with Crippen molar-refractivity contribution in [2.45, 2.75) is 6.61 Å². The molecule has 0 spiro atoms. The van der Waals surface area contributed by atoms with Crippen LogP contribution in [0.25, 0.3) is 0 Å². The summed E-state index contributed by atoms with van der Waals surface area (Å²) < 4.78 is 11.5. The Balaban J connectivity index is 2.33. The third-order valence-corrected chi connectivity index (χ3v) is 3.38. The minimum Gasteiger partial charge on any atom is -0.493 e. The first-order valence-corrected chi connectivity index (χ1v) is 6.74. The Morgan fingerprint density at radius 3 is 2.48 bits per heavy atom. The van der Waals surface area contributed by atoms with Crippen LogP contribution in [0.1, 0.15) is 5.56 Å². The van der Waals surface area contributed by atoms with Gasteiger partial charge in [-0.25, -0.2) is 0 Å². The standard InChI is InChI=1S/C14H12BrNO5/c1-20-14-7-10(16(18)19)3-5-13(14)21-12-4-2-9(8-17)6-11(12)15/h2-7,17H,8H2,1H3. The topological polar surface area (TPSA) is 81.8 Å². The Kier molecular flexibility index (Phi) is 4.77.